The lowest BCUT2D eigenvalue weighted by atomic mass is 10.1. The van der Waals surface area contributed by atoms with Crippen molar-refractivity contribution in [2.24, 2.45) is 11.7 Å². The maximum Gasteiger partial charge on any atom is 0.153 e. The second kappa shape index (κ2) is 3.47. The Balaban J connectivity index is 1.96. The summed E-state index contributed by atoms with van der Waals surface area (Å²) in [6.07, 6.45) is 2.58. The van der Waals surface area contributed by atoms with Crippen LogP contribution in [0.5, 0.6) is 0 Å². The third-order valence-corrected chi connectivity index (χ3v) is 4.92. The molecule has 1 heterocycles. The third kappa shape index (κ3) is 2.27. The second-order valence-corrected chi connectivity index (χ2v) is 6.84. The highest BCUT2D eigenvalue weighted by Crippen LogP contribution is 2.30. The van der Waals surface area contributed by atoms with E-state index in [0.717, 1.165) is 12.5 Å². The molecule has 14 heavy (non-hydrogen) atoms. The van der Waals surface area contributed by atoms with E-state index in [-0.39, 0.29) is 23.6 Å². The highest BCUT2D eigenvalue weighted by molar-refractivity contribution is 7.91. The van der Waals surface area contributed by atoms with Crippen LogP contribution in [0.4, 0.5) is 0 Å². The van der Waals surface area contributed by atoms with E-state index in [4.69, 9.17) is 5.73 Å². The lowest BCUT2D eigenvalue weighted by Gasteiger charge is -2.26. The summed E-state index contributed by atoms with van der Waals surface area (Å²) in [6.45, 7) is 1.01. The van der Waals surface area contributed by atoms with E-state index in [0.29, 0.717) is 0 Å². The first-order chi connectivity index (χ1) is 6.48. The number of hydrogen-bond acceptors (Lipinski definition) is 4. The van der Waals surface area contributed by atoms with Crippen molar-refractivity contribution < 1.29 is 8.42 Å². The van der Waals surface area contributed by atoms with Crippen LogP contribution in [0.1, 0.15) is 12.8 Å². The van der Waals surface area contributed by atoms with E-state index in [9.17, 15) is 8.42 Å². The van der Waals surface area contributed by atoms with Crippen LogP contribution in [0.25, 0.3) is 0 Å². The fourth-order valence-electron chi connectivity index (χ4n) is 2.15. The molecule has 2 rings (SSSR count). The van der Waals surface area contributed by atoms with Crippen LogP contribution in [0.3, 0.4) is 0 Å². The van der Waals surface area contributed by atoms with E-state index in [2.05, 4.69) is 4.90 Å². The monoisotopic (exact) mass is 218 g/mol. The van der Waals surface area contributed by atoms with Gasteiger partial charge in [0.25, 0.3) is 0 Å². The van der Waals surface area contributed by atoms with Crippen molar-refractivity contribution in [3.8, 4) is 0 Å². The summed E-state index contributed by atoms with van der Waals surface area (Å²) in [7, 11) is -0.882. The average molecular weight is 218 g/mol. The molecule has 0 amide bonds. The zero-order valence-corrected chi connectivity index (χ0v) is 9.33. The van der Waals surface area contributed by atoms with Gasteiger partial charge in [-0.2, -0.15) is 0 Å². The van der Waals surface area contributed by atoms with Crippen molar-refractivity contribution in [1.82, 2.24) is 4.90 Å². The van der Waals surface area contributed by atoms with Crippen molar-refractivity contribution in [3.63, 3.8) is 0 Å². The fraction of sp³-hybridized carbons (Fsp3) is 1.00. The Morgan fingerprint density at radius 1 is 1.36 bits per heavy atom. The first-order valence-corrected chi connectivity index (χ1v) is 6.96. The van der Waals surface area contributed by atoms with Gasteiger partial charge in [-0.3, -0.25) is 0 Å². The van der Waals surface area contributed by atoms with Gasteiger partial charge in [0, 0.05) is 18.6 Å². The zero-order valence-electron chi connectivity index (χ0n) is 8.52. The van der Waals surface area contributed by atoms with Gasteiger partial charge >= 0.3 is 0 Å². The summed E-state index contributed by atoms with van der Waals surface area (Å²) in [4.78, 5) is 2.13. The Kier molecular flexibility index (Phi) is 2.57. The van der Waals surface area contributed by atoms with E-state index in [1.165, 1.54) is 12.8 Å². The SMILES string of the molecule is CN(CC1CC1)C1CS(=O)(=O)CC1N. The second-order valence-electron chi connectivity index (χ2n) is 4.69. The highest BCUT2D eigenvalue weighted by Gasteiger charge is 2.38. The minimum absolute atomic E-state index is 0.0422. The lowest BCUT2D eigenvalue weighted by molar-refractivity contribution is 0.235. The summed E-state index contributed by atoms with van der Waals surface area (Å²) >= 11 is 0. The van der Waals surface area contributed by atoms with Crippen molar-refractivity contribution in [2.45, 2.75) is 24.9 Å². The summed E-state index contributed by atoms with van der Waals surface area (Å²) in [6, 6.07) is -0.149. The average Bonchev–Trinajstić information content (AvgIpc) is 2.78. The summed E-state index contributed by atoms with van der Waals surface area (Å²) in [5.41, 5.74) is 5.83. The molecular weight excluding hydrogens is 200 g/mol. The Morgan fingerprint density at radius 3 is 2.43 bits per heavy atom. The molecule has 2 unspecified atom stereocenters. The number of nitrogens with zero attached hydrogens (tertiary/aromatic N) is 1. The van der Waals surface area contributed by atoms with Gasteiger partial charge in [0.15, 0.2) is 9.84 Å². The number of rotatable bonds is 3. The molecule has 2 fully saturated rings. The minimum Gasteiger partial charge on any atom is -0.325 e. The van der Waals surface area contributed by atoms with Gasteiger partial charge < -0.3 is 10.6 Å². The quantitative estimate of drug-likeness (QED) is 0.690. The fourth-order valence-corrected chi connectivity index (χ4v) is 4.12. The van der Waals surface area contributed by atoms with E-state index in [1.807, 2.05) is 7.05 Å². The molecule has 2 N–H and O–H groups in total. The topological polar surface area (TPSA) is 63.4 Å². The van der Waals surface area contributed by atoms with Gasteiger partial charge in [0.05, 0.1) is 11.5 Å². The normalized spacial score (nSPS) is 36.5. The first kappa shape index (κ1) is 10.4. The summed E-state index contributed by atoms with van der Waals surface area (Å²) in [5, 5.41) is 0. The van der Waals surface area contributed by atoms with Crippen LogP contribution in [0, 0.1) is 5.92 Å². The predicted octanol–water partition coefficient (Wildman–Crippen LogP) is -0.547. The number of nitrogens with two attached hydrogens (primary N) is 1. The summed E-state index contributed by atoms with van der Waals surface area (Å²) in [5.74, 6) is 1.19. The van der Waals surface area contributed by atoms with Crippen LogP contribution in [-0.4, -0.2) is 50.5 Å². The van der Waals surface area contributed by atoms with Gasteiger partial charge in [-0.1, -0.05) is 0 Å². The molecule has 1 aliphatic heterocycles. The van der Waals surface area contributed by atoms with Crippen LogP contribution in [0.15, 0.2) is 0 Å². The van der Waals surface area contributed by atoms with Gasteiger partial charge in [-0.25, -0.2) is 8.42 Å². The molecule has 1 saturated carbocycles. The highest BCUT2D eigenvalue weighted by atomic mass is 32.2. The number of likely N-dealkylation sites (N-methyl/N-ethyl adjacent to an activating group) is 1. The van der Waals surface area contributed by atoms with Gasteiger partial charge in [0.1, 0.15) is 0 Å². The van der Waals surface area contributed by atoms with Crippen LogP contribution < -0.4 is 5.73 Å². The Hall–Kier alpha value is -0.130. The molecule has 82 valence electrons. The number of sulfone groups is 1. The smallest absolute Gasteiger partial charge is 0.153 e. The van der Waals surface area contributed by atoms with E-state index < -0.39 is 9.84 Å². The van der Waals surface area contributed by atoms with E-state index in [1.54, 1.807) is 0 Å². The van der Waals surface area contributed by atoms with Crippen LogP contribution >= 0.6 is 0 Å². The van der Waals surface area contributed by atoms with Crippen molar-refractivity contribution in [3.05, 3.63) is 0 Å². The Labute approximate surface area is 85.4 Å². The summed E-state index contributed by atoms with van der Waals surface area (Å²) < 4.78 is 22.7. The molecule has 4 nitrogen and oxygen atoms in total. The zero-order chi connectivity index (χ0) is 10.3. The molecule has 0 spiro atoms. The van der Waals surface area contributed by atoms with Gasteiger partial charge in [0.2, 0.25) is 0 Å². The van der Waals surface area contributed by atoms with Crippen LogP contribution in [0.2, 0.25) is 0 Å². The van der Waals surface area contributed by atoms with Gasteiger partial charge in [-0.15, -0.1) is 0 Å². The molecule has 1 aliphatic carbocycles. The molecule has 5 heteroatoms. The Bertz CT molecular complexity index is 311. The molecule has 0 bridgehead atoms. The first-order valence-electron chi connectivity index (χ1n) is 5.14. The van der Waals surface area contributed by atoms with E-state index >= 15 is 0 Å². The Morgan fingerprint density at radius 2 is 2.00 bits per heavy atom. The van der Waals surface area contributed by atoms with Crippen molar-refractivity contribution >= 4 is 9.84 Å². The molecule has 2 atom stereocenters. The van der Waals surface area contributed by atoms with Crippen molar-refractivity contribution in [1.29, 1.82) is 0 Å². The van der Waals surface area contributed by atoms with Gasteiger partial charge in [-0.05, 0) is 25.8 Å². The maximum atomic E-state index is 11.4. The molecule has 0 aromatic heterocycles. The minimum atomic E-state index is -2.87. The molecular formula is C9H18N2O2S. The maximum absolute atomic E-state index is 11.4. The molecule has 2 aliphatic rings. The lowest BCUT2D eigenvalue weighted by Crippen LogP contribution is -2.45. The predicted molar refractivity (Wildman–Crippen MR) is 55.8 cm³/mol. The molecule has 0 aromatic carbocycles. The van der Waals surface area contributed by atoms with Crippen molar-refractivity contribution in [2.75, 3.05) is 25.1 Å². The largest absolute Gasteiger partial charge is 0.325 e. The number of hydrogen-bond donors (Lipinski definition) is 1. The third-order valence-electron chi connectivity index (χ3n) is 3.17. The van der Waals surface area contributed by atoms with Crippen LogP contribution in [-0.2, 0) is 9.84 Å². The molecule has 1 saturated heterocycles. The molecule has 0 radical (unpaired) electrons. The standard InChI is InChI=1S/C9H18N2O2S/c1-11(4-7-2-3-7)9-6-14(12,13)5-8(9)10/h7-9H,2-6,10H2,1H3. The molecule has 0 aromatic rings.